The van der Waals surface area contributed by atoms with E-state index in [0.29, 0.717) is 6.04 Å². The Balaban J connectivity index is 2.22. The molecule has 3 nitrogen and oxygen atoms in total. The van der Waals surface area contributed by atoms with E-state index in [1.807, 2.05) is 17.9 Å². The predicted molar refractivity (Wildman–Crippen MR) is 86.8 cm³/mol. The van der Waals surface area contributed by atoms with Crippen LogP contribution in [0.3, 0.4) is 0 Å². The minimum absolute atomic E-state index is 0.314. The van der Waals surface area contributed by atoms with Crippen molar-refractivity contribution in [1.29, 1.82) is 0 Å². The summed E-state index contributed by atoms with van der Waals surface area (Å²) in [5.41, 5.74) is 3.85. The SMILES string of the molecule is CCCNC(Cc1cnn(C)c1)c1ccc(C)cc1Br. The molecule has 1 heterocycles. The van der Waals surface area contributed by atoms with Gasteiger partial charge in [-0.15, -0.1) is 0 Å². The molecule has 0 aliphatic heterocycles. The molecule has 0 aliphatic rings. The normalized spacial score (nSPS) is 12.6. The minimum Gasteiger partial charge on any atom is -0.310 e. The summed E-state index contributed by atoms with van der Waals surface area (Å²) in [7, 11) is 1.96. The summed E-state index contributed by atoms with van der Waals surface area (Å²) in [5.74, 6) is 0. The molecule has 1 aromatic heterocycles. The maximum atomic E-state index is 4.26. The highest BCUT2D eigenvalue weighted by Crippen LogP contribution is 2.27. The monoisotopic (exact) mass is 335 g/mol. The Labute approximate surface area is 129 Å². The van der Waals surface area contributed by atoms with Crippen molar-refractivity contribution >= 4 is 15.9 Å². The van der Waals surface area contributed by atoms with Crippen LogP contribution in [0, 0.1) is 6.92 Å². The van der Waals surface area contributed by atoms with Crippen LogP contribution in [-0.2, 0) is 13.5 Å². The van der Waals surface area contributed by atoms with Crippen molar-refractivity contribution in [2.24, 2.45) is 7.05 Å². The molecule has 108 valence electrons. The zero-order valence-corrected chi connectivity index (χ0v) is 13.9. The number of hydrogen-bond donors (Lipinski definition) is 1. The summed E-state index contributed by atoms with van der Waals surface area (Å²) in [6.07, 6.45) is 6.12. The largest absolute Gasteiger partial charge is 0.310 e. The van der Waals surface area contributed by atoms with E-state index in [0.717, 1.165) is 19.4 Å². The van der Waals surface area contributed by atoms with Gasteiger partial charge in [-0.2, -0.15) is 5.10 Å². The van der Waals surface area contributed by atoms with Crippen molar-refractivity contribution in [3.63, 3.8) is 0 Å². The summed E-state index contributed by atoms with van der Waals surface area (Å²) in [6, 6.07) is 6.88. The van der Waals surface area contributed by atoms with E-state index in [2.05, 4.69) is 64.6 Å². The number of benzene rings is 1. The molecule has 1 N–H and O–H groups in total. The highest BCUT2D eigenvalue weighted by molar-refractivity contribution is 9.10. The number of rotatable bonds is 6. The molecule has 0 aliphatic carbocycles. The van der Waals surface area contributed by atoms with Gasteiger partial charge in [-0.1, -0.05) is 35.0 Å². The lowest BCUT2D eigenvalue weighted by Gasteiger charge is -2.20. The Kier molecular flexibility index (Phi) is 5.38. The van der Waals surface area contributed by atoms with Crippen molar-refractivity contribution in [3.8, 4) is 0 Å². The van der Waals surface area contributed by atoms with Crippen LogP contribution in [0.4, 0.5) is 0 Å². The van der Waals surface area contributed by atoms with Crippen molar-refractivity contribution < 1.29 is 0 Å². The Morgan fingerprint density at radius 3 is 2.80 bits per heavy atom. The summed E-state index contributed by atoms with van der Waals surface area (Å²) in [4.78, 5) is 0. The van der Waals surface area contributed by atoms with Crippen LogP contribution >= 0.6 is 15.9 Å². The van der Waals surface area contributed by atoms with Crippen molar-refractivity contribution in [2.75, 3.05) is 6.54 Å². The van der Waals surface area contributed by atoms with Gasteiger partial charge in [-0.05, 0) is 49.1 Å². The Hall–Kier alpha value is -1.13. The Morgan fingerprint density at radius 1 is 1.40 bits per heavy atom. The average molecular weight is 336 g/mol. The van der Waals surface area contributed by atoms with Gasteiger partial charge in [0.2, 0.25) is 0 Å². The zero-order chi connectivity index (χ0) is 14.5. The first-order valence-corrected chi connectivity index (χ1v) is 7.86. The molecule has 0 saturated carbocycles. The van der Waals surface area contributed by atoms with Gasteiger partial charge in [0.05, 0.1) is 6.20 Å². The van der Waals surface area contributed by atoms with Gasteiger partial charge in [-0.25, -0.2) is 0 Å². The van der Waals surface area contributed by atoms with Gasteiger partial charge in [0, 0.05) is 23.8 Å². The first kappa shape index (κ1) is 15.3. The van der Waals surface area contributed by atoms with Crippen LogP contribution in [0.15, 0.2) is 35.1 Å². The van der Waals surface area contributed by atoms with Crippen molar-refractivity contribution in [3.05, 3.63) is 51.8 Å². The molecular formula is C16H22BrN3. The molecule has 1 atom stereocenters. The first-order valence-electron chi connectivity index (χ1n) is 7.07. The van der Waals surface area contributed by atoms with Gasteiger partial charge >= 0.3 is 0 Å². The van der Waals surface area contributed by atoms with E-state index >= 15 is 0 Å². The van der Waals surface area contributed by atoms with E-state index in [-0.39, 0.29) is 0 Å². The van der Waals surface area contributed by atoms with Crippen molar-refractivity contribution in [1.82, 2.24) is 15.1 Å². The fraction of sp³-hybridized carbons (Fsp3) is 0.438. The van der Waals surface area contributed by atoms with E-state index in [4.69, 9.17) is 0 Å². The third-order valence-electron chi connectivity index (χ3n) is 3.37. The molecule has 2 rings (SSSR count). The molecule has 0 amide bonds. The fourth-order valence-corrected chi connectivity index (χ4v) is 3.11. The number of halogens is 1. The third kappa shape index (κ3) is 3.93. The summed E-state index contributed by atoms with van der Waals surface area (Å²) >= 11 is 3.70. The lowest BCUT2D eigenvalue weighted by Crippen LogP contribution is -2.24. The Morgan fingerprint density at radius 2 is 2.20 bits per heavy atom. The average Bonchev–Trinajstić information content (AvgIpc) is 2.80. The molecule has 0 spiro atoms. The molecule has 1 aromatic carbocycles. The zero-order valence-electron chi connectivity index (χ0n) is 12.4. The van der Waals surface area contributed by atoms with Gasteiger partial charge in [0.1, 0.15) is 0 Å². The van der Waals surface area contributed by atoms with Gasteiger partial charge in [0.15, 0.2) is 0 Å². The molecule has 0 fully saturated rings. The number of aromatic nitrogens is 2. The van der Waals surface area contributed by atoms with Crippen molar-refractivity contribution in [2.45, 2.75) is 32.7 Å². The smallest absolute Gasteiger partial charge is 0.0522 e. The molecule has 0 bridgehead atoms. The quantitative estimate of drug-likeness (QED) is 0.870. The predicted octanol–water partition coefficient (Wildman–Crippen LogP) is 3.77. The maximum absolute atomic E-state index is 4.26. The lowest BCUT2D eigenvalue weighted by atomic mass is 9.99. The second-order valence-electron chi connectivity index (χ2n) is 5.26. The number of nitrogens with one attached hydrogen (secondary N) is 1. The van der Waals surface area contributed by atoms with E-state index < -0.39 is 0 Å². The topological polar surface area (TPSA) is 29.9 Å². The molecule has 2 aromatic rings. The third-order valence-corrected chi connectivity index (χ3v) is 4.06. The first-order chi connectivity index (χ1) is 9.60. The number of nitrogens with zero attached hydrogens (tertiary/aromatic N) is 2. The number of aryl methyl sites for hydroxylation is 2. The lowest BCUT2D eigenvalue weighted by molar-refractivity contribution is 0.527. The van der Waals surface area contributed by atoms with E-state index in [9.17, 15) is 0 Å². The van der Waals surface area contributed by atoms with Crippen LogP contribution in [0.25, 0.3) is 0 Å². The van der Waals surface area contributed by atoms with Crippen LogP contribution in [-0.4, -0.2) is 16.3 Å². The van der Waals surface area contributed by atoms with Gasteiger partial charge in [0.25, 0.3) is 0 Å². The second-order valence-corrected chi connectivity index (χ2v) is 6.11. The molecule has 1 unspecified atom stereocenters. The van der Waals surface area contributed by atoms with Crippen LogP contribution < -0.4 is 5.32 Å². The summed E-state index contributed by atoms with van der Waals surface area (Å²) < 4.78 is 3.03. The van der Waals surface area contributed by atoms with Crippen LogP contribution in [0.5, 0.6) is 0 Å². The number of hydrogen-bond acceptors (Lipinski definition) is 2. The van der Waals surface area contributed by atoms with Crippen LogP contribution in [0.1, 0.15) is 36.1 Å². The molecule has 0 saturated heterocycles. The fourth-order valence-electron chi connectivity index (χ4n) is 2.34. The minimum atomic E-state index is 0.314. The van der Waals surface area contributed by atoms with E-state index in [1.54, 1.807) is 0 Å². The molecule has 4 heteroatoms. The van der Waals surface area contributed by atoms with E-state index in [1.165, 1.54) is 21.2 Å². The standard InChI is InChI=1S/C16H22BrN3/c1-4-7-18-16(9-13-10-19-20(3)11-13)14-6-5-12(2)8-15(14)17/h5-6,8,10-11,16,18H,4,7,9H2,1-3H3. The maximum Gasteiger partial charge on any atom is 0.0522 e. The highest BCUT2D eigenvalue weighted by Gasteiger charge is 2.15. The van der Waals surface area contributed by atoms with Gasteiger partial charge < -0.3 is 5.32 Å². The van der Waals surface area contributed by atoms with Gasteiger partial charge in [-0.3, -0.25) is 4.68 Å². The molecule has 20 heavy (non-hydrogen) atoms. The Bertz CT molecular complexity index is 563. The highest BCUT2D eigenvalue weighted by atomic mass is 79.9. The molecule has 0 radical (unpaired) electrons. The summed E-state index contributed by atoms with van der Waals surface area (Å²) in [6.45, 7) is 5.33. The van der Waals surface area contributed by atoms with Crippen LogP contribution in [0.2, 0.25) is 0 Å². The second kappa shape index (κ2) is 7.04. The summed E-state index contributed by atoms with van der Waals surface area (Å²) in [5, 5.41) is 7.89. The molecular weight excluding hydrogens is 314 g/mol.